The summed E-state index contributed by atoms with van der Waals surface area (Å²) < 4.78 is 5.08. The molecule has 13 heavy (non-hydrogen) atoms. The van der Waals surface area contributed by atoms with E-state index in [1.54, 1.807) is 0 Å². The summed E-state index contributed by atoms with van der Waals surface area (Å²) in [4.78, 5) is 11.1. The molecule has 0 spiro atoms. The van der Waals surface area contributed by atoms with Gasteiger partial charge in [0.2, 0.25) is 0 Å². The van der Waals surface area contributed by atoms with Gasteiger partial charge in [-0.3, -0.25) is 4.79 Å². The fourth-order valence-electron chi connectivity index (χ4n) is 1.05. The fourth-order valence-corrected chi connectivity index (χ4v) is 1.05. The van der Waals surface area contributed by atoms with Crippen molar-refractivity contribution in [1.82, 2.24) is 0 Å². The molecule has 1 unspecified atom stereocenters. The number of rotatable bonds is 6. The Kier molecular flexibility index (Phi) is 4.22. The third kappa shape index (κ3) is 4.88. The molecule has 0 aromatic heterocycles. The Morgan fingerprint density at radius 1 is 1.62 bits per heavy atom. The lowest BCUT2D eigenvalue weighted by Crippen LogP contribution is -2.14. The van der Waals surface area contributed by atoms with Crippen LogP contribution in [0.5, 0.6) is 0 Å². The summed E-state index contributed by atoms with van der Waals surface area (Å²) in [5.74, 6) is 1.02. The lowest BCUT2D eigenvalue weighted by atomic mass is 10.1. The van der Waals surface area contributed by atoms with Gasteiger partial charge in [0.25, 0.3) is 0 Å². The van der Waals surface area contributed by atoms with E-state index in [1.165, 1.54) is 12.8 Å². The maximum atomic E-state index is 11.1. The van der Waals surface area contributed by atoms with Crippen molar-refractivity contribution in [2.75, 3.05) is 13.2 Å². The molecular formula is C10H19NO2. The molecule has 3 nitrogen and oxygen atoms in total. The van der Waals surface area contributed by atoms with Crippen molar-refractivity contribution in [1.29, 1.82) is 0 Å². The lowest BCUT2D eigenvalue weighted by Gasteiger charge is -2.07. The van der Waals surface area contributed by atoms with E-state index in [4.69, 9.17) is 10.5 Å². The summed E-state index contributed by atoms with van der Waals surface area (Å²) in [6.07, 6.45) is 3.82. The Balaban J connectivity index is 1.96. The predicted octanol–water partition coefficient (Wildman–Crippen LogP) is 1.31. The second-order valence-corrected chi connectivity index (χ2v) is 4.01. The highest BCUT2D eigenvalue weighted by molar-refractivity contribution is 5.69. The van der Waals surface area contributed by atoms with Gasteiger partial charge in [-0.1, -0.05) is 6.92 Å². The summed E-state index contributed by atoms with van der Waals surface area (Å²) >= 11 is 0. The van der Waals surface area contributed by atoms with E-state index in [-0.39, 0.29) is 5.97 Å². The largest absolute Gasteiger partial charge is 0.465 e. The minimum atomic E-state index is -0.0628. The molecule has 0 radical (unpaired) electrons. The second-order valence-electron chi connectivity index (χ2n) is 4.01. The molecule has 0 saturated heterocycles. The molecule has 3 heteroatoms. The van der Waals surface area contributed by atoms with Gasteiger partial charge in [0.05, 0.1) is 6.61 Å². The fraction of sp³-hybridized carbons (Fsp3) is 0.900. The molecule has 0 aliphatic heterocycles. The highest BCUT2D eigenvalue weighted by Gasteiger charge is 2.22. The van der Waals surface area contributed by atoms with Crippen LogP contribution in [0.2, 0.25) is 0 Å². The van der Waals surface area contributed by atoms with Crippen molar-refractivity contribution in [3.8, 4) is 0 Å². The van der Waals surface area contributed by atoms with Gasteiger partial charge in [-0.05, 0) is 37.6 Å². The molecule has 1 aliphatic carbocycles. The molecule has 1 saturated carbocycles. The highest BCUT2D eigenvalue weighted by atomic mass is 16.5. The Labute approximate surface area is 79.6 Å². The summed E-state index contributed by atoms with van der Waals surface area (Å²) in [6, 6.07) is 0. The van der Waals surface area contributed by atoms with Crippen molar-refractivity contribution in [2.45, 2.75) is 32.6 Å². The van der Waals surface area contributed by atoms with Gasteiger partial charge in [0, 0.05) is 6.42 Å². The zero-order valence-corrected chi connectivity index (χ0v) is 8.29. The molecule has 1 rings (SSSR count). The van der Waals surface area contributed by atoms with Gasteiger partial charge >= 0.3 is 5.97 Å². The van der Waals surface area contributed by atoms with Crippen LogP contribution in [0, 0.1) is 11.8 Å². The van der Waals surface area contributed by atoms with E-state index < -0.39 is 0 Å². The molecule has 0 bridgehead atoms. The third-order valence-corrected chi connectivity index (χ3v) is 2.42. The normalized spacial score (nSPS) is 18.3. The van der Waals surface area contributed by atoms with E-state index in [2.05, 4.69) is 0 Å². The quantitative estimate of drug-likeness (QED) is 0.635. The average molecular weight is 185 g/mol. The zero-order chi connectivity index (χ0) is 9.68. The van der Waals surface area contributed by atoms with Crippen LogP contribution in [0.3, 0.4) is 0 Å². The smallest absolute Gasteiger partial charge is 0.305 e. The van der Waals surface area contributed by atoms with Crippen LogP contribution in [0.15, 0.2) is 0 Å². The van der Waals surface area contributed by atoms with E-state index >= 15 is 0 Å². The van der Waals surface area contributed by atoms with E-state index in [0.717, 1.165) is 6.42 Å². The SMILES string of the molecule is CC(CN)CCC(=O)OCC1CC1. The number of carbonyl (C=O) groups is 1. The first-order valence-corrected chi connectivity index (χ1v) is 5.08. The Morgan fingerprint density at radius 3 is 2.85 bits per heavy atom. The minimum absolute atomic E-state index is 0.0628. The summed E-state index contributed by atoms with van der Waals surface area (Å²) in [5.41, 5.74) is 5.44. The minimum Gasteiger partial charge on any atom is -0.465 e. The summed E-state index contributed by atoms with van der Waals surface area (Å²) in [7, 11) is 0. The van der Waals surface area contributed by atoms with Gasteiger partial charge in [0.15, 0.2) is 0 Å². The standard InChI is InChI=1S/C10H19NO2/c1-8(6-11)2-5-10(12)13-7-9-3-4-9/h8-9H,2-7,11H2,1H3. The van der Waals surface area contributed by atoms with Crippen LogP contribution in [0.25, 0.3) is 0 Å². The van der Waals surface area contributed by atoms with Gasteiger partial charge in [0.1, 0.15) is 0 Å². The van der Waals surface area contributed by atoms with Gasteiger partial charge in [-0.2, -0.15) is 0 Å². The first kappa shape index (κ1) is 10.5. The van der Waals surface area contributed by atoms with Crippen molar-refractivity contribution in [3.63, 3.8) is 0 Å². The molecular weight excluding hydrogens is 166 g/mol. The summed E-state index contributed by atoms with van der Waals surface area (Å²) in [6.45, 7) is 3.33. The Hall–Kier alpha value is -0.570. The molecule has 1 atom stereocenters. The number of esters is 1. The Bertz CT molecular complexity index is 166. The van der Waals surface area contributed by atoms with Crippen molar-refractivity contribution in [2.24, 2.45) is 17.6 Å². The number of nitrogens with two attached hydrogens (primary N) is 1. The van der Waals surface area contributed by atoms with Gasteiger partial charge < -0.3 is 10.5 Å². The van der Waals surface area contributed by atoms with E-state index in [1.807, 2.05) is 6.92 Å². The lowest BCUT2D eigenvalue weighted by molar-refractivity contribution is -0.144. The summed E-state index contributed by atoms with van der Waals surface area (Å²) in [5, 5.41) is 0. The predicted molar refractivity (Wildman–Crippen MR) is 51.1 cm³/mol. The zero-order valence-electron chi connectivity index (χ0n) is 8.29. The van der Waals surface area contributed by atoms with Crippen molar-refractivity contribution >= 4 is 5.97 Å². The molecule has 0 aromatic rings. The number of hydrogen-bond acceptors (Lipinski definition) is 3. The monoisotopic (exact) mass is 185 g/mol. The molecule has 0 heterocycles. The molecule has 1 fully saturated rings. The molecule has 0 amide bonds. The number of carbonyl (C=O) groups excluding carboxylic acids is 1. The maximum Gasteiger partial charge on any atom is 0.305 e. The molecule has 1 aliphatic rings. The van der Waals surface area contributed by atoms with Crippen LogP contribution < -0.4 is 5.73 Å². The number of ether oxygens (including phenoxy) is 1. The van der Waals surface area contributed by atoms with Gasteiger partial charge in [-0.25, -0.2) is 0 Å². The van der Waals surface area contributed by atoms with E-state index in [0.29, 0.717) is 31.4 Å². The second kappa shape index (κ2) is 5.22. The topological polar surface area (TPSA) is 52.3 Å². The van der Waals surface area contributed by atoms with Crippen molar-refractivity contribution < 1.29 is 9.53 Å². The van der Waals surface area contributed by atoms with Crippen LogP contribution in [-0.2, 0) is 9.53 Å². The maximum absolute atomic E-state index is 11.1. The number of hydrogen-bond donors (Lipinski definition) is 1. The van der Waals surface area contributed by atoms with Crippen LogP contribution in [0.1, 0.15) is 32.6 Å². The highest BCUT2D eigenvalue weighted by Crippen LogP contribution is 2.28. The molecule has 0 aromatic carbocycles. The third-order valence-electron chi connectivity index (χ3n) is 2.42. The average Bonchev–Trinajstić information content (AvgIpc) is 2.94. The van der Waals surface area contributed by atoms with E-state index in [9.17, 15) is 4.79 Å². The van der Waals surface area contributed by atoms with Crippen LogP contribution in [-0.4, -0.2) is 19.1 Å². The van der Waals surface area contributed by atoms with Gasteiger partial charge in [-0.15, -0.1) is 0 Å². The molecule has 2 N–H and O–H groups in total. The van der Waals surface area contributed by atoms with Crippen LogP contribution >= 0.6 is 0 Å². The van der Waals surface area contributed by atoms with Crippen LogP contribution in [0.4, 0.5) is 0 Å². The van der Waals surface area contributed by atoms with Crippen molar-refractivity contribution in [3.05, 3.63) is 0 Å². The first-order chi connectivity index (χ1) is 6.22. The molecule has 76 valence electrons. The Morgan fingerprint density at radius 2 is 2.31 bits per heavy atom. The first-order valence-electron chi connectivity index (χ1n) is 5.08.